The number of piperidine rings is 1. The molecular weight excluding hydrogens is 348 g/mol. The molecule has 0 radical (unpaired) electrons. The van der Waals surface area contributed by atoms with Crippen LogP contribution in [0.1, 0.15) is 59.1 Å². The molecule has 0 spiro atoms. The molecule has 1 fully saturated rings. The van der Waals surface area contributed by atoms with Crippen LogP contribution in [0.5, 0.6) is 0 Å². The summed E-state index contributed by atoms with van der Waals surface area (Å²) in [6, 6.07) is 7.62. The molecule has 1 N–H and O–H groups in total. The van der Waals surface area contributed by atoms with Gasteiger partial charge in [-0.25, -0.2) is 0 Å². The Kier molecular flexibility index (Phi) is 6.73. The van der Waals surface area contributed by atoms with E-state index in [1.165, 1.54) is 0 Å². The van der Waals surface area contributed by atoms with Gasteiger partial charge in [0, 0.05) is 29.4 Å². The summed E-state index contributed by atoms with van der Waals surface area (Å²) in [5.74, 6) is 0.495. The van der Waals surface area contributed by atoms with E-state index in [9.17, 15) is 9.59 Å². The van der Waals surface area contributed by atoms with Crippen molar-refractivity contribution in [3.63, 3.8) is 0 Å². The summed E-state index contributed by atoms with van der Waals surface area (Å²) >= 11 is 5.98. The van der Waals surface area contributed by atoms with Crippen molar-refractivity contribution in [2.45, 2.75) is 53.5 Å². The zero-order chi connectivity index (χ0) is 19.5. The minimum atomic E-state index is -0.369. The Morgan fingerprint density at radius 3 is 2.12 bits per heavy atom. The lowest BCUT2D eigenvalue weighted by atomic mass is 9.89. The topological polar surface area (TPSA) is 49.4 Å². The third-order valence-corrected chi connectivity index (χ3v) is 5.24. The number of carbonyl (C=O) groups is 2. The summed E-state index contributed by atoms with van der Waals surface area (Å²) in [5, 5.41) is 3.90. The van der Waals surface area contributed by atoms with Crippen molar-refractivity contribution in [3.05, 3.63) is 34.9 Å². The lowest BCUT2D eigenvalue weighted by molar-refractivity contribution is -0.142. The number of halogens is 1. The fraction of sp³-hybridized carbons (Fsp3) is 0.619. The zero-order valence-electron chi connectivity index (χ0n) is 16.5. The summed E-state index contributed by atoms with van der Waals surface area (Å²) in [6.07, 6.45) is 1.44. The first kappa shape index (κ1) is 20.8. The second-order valence-electron chi connectivity index (χ2n) is 8.60. The highest BCUT2D eigenvalue weighted by atomic mass is 35.5. The van der Waals surface area contributed by atoms with Gasteiger partial charge in [0.25, 0.3) is 0 Å². The highest BCUT2D eigenvalue weighted by Gasteiger charge is 2.33. The number of amides is 2. The van der Waals surface area contributed by atoms with Gasteiger partial charge in [-0.2, -0.15) is 0 Å². The average Bonchev–Trinajstić information content (AvgIpc) is 2.59. The van der Waals surface area contributed by atoms with Crippen molar-refractivity contribution in [1.29, 1.82) is 0 Å². The Bertz CT molecular complexity index is 626. The van der Waals surface area contributed by atoms with Gasteiger partial charge >= 0.3 is 0 Å². The molecule has 2 rings (SSSR count). The van der Waals surface area contributed by atoms with Gasteiger partial charge < -0.3 is 10.2 Å². The normalized spacial score (nSPS) is 17.3. The molecule has 144 valence electrons. The lowest BCUT2D eigenvalue weighted by Gasteiger charge is -2.36. The largest absolute Gasteiger partial charge is 0.349 e. The van der Waals surface area contributed by atoms with Gasteiger partial charge in [0.2, 0.25) is 11.8 Å². The van der Waals surface area contributed by atoms with Crippen LogP contribution in [0.25, 0.3) is 0 Å². The molecule has 1 atom stereocenters. The van der Waals surface area contributed by atoms with Crippen LogP contribution in [0, 0.1) is 17.3 Å². The number of hydrogen-bond acceptors (Lipinski definition) is 2. The average molecular weight is 379 g/mol. The van der Waals surface area contributed by atoms with Crippen LogP contribution >= 0.6 is 11.6 Å². The molecule has 1 saturated heterocycles. The smallest absolute Gasteiger partial charge is 0.227 e. The molecule has 1 aromatic rings. The first-order chi connectivity index (χ1) is 12.1. The third-order valence-electron chi connectivity index (χ3n) is 4.99. The maximum absolute atomic E-state index is 12.8. The van der Waals surface area contributed by atoms with Crippen LogP contribution in [0.3, 0.4) is 0 Å². The summed E-state index contributed by atoms with van der Waals surface area (Å²) in [6.45, 7) is 11.3. The van der Waals surface area contributed by atoms with E-state index in [4.69, 9.17) is 11.6 Å². The summed E-state index contributed by atoms with van der Waals surface area (Å²) in [5.41, 5.74) is 0.699. The molecule has 5 heteroatoms. The number of hydrogen-bond donors (Lipinski definition) is 1. The molecule has 1 aliphatic rings. The molecule has 1 heterocycles. The Morgan fingerprint density at radius 2 is 1.65 bits per heavy atom. The maximum atomic E-state index is 12.8. The van der Waals surface area contributed by atoms with Gasteiger partial charge in [0.15, 0.2) is 0 Å². The van der Waals surface area contributed by atoms with Crippen molar-refractivity contribution < 1.29 is 9.59 Å². The lowest BCUT2D eigenvalue weighted by Crippen LogP contribution is -2.47. The van der Waals surface area contributed by atoms with Gasteiger partial charge in [-0.1, -0.05) is 58.4 Å². The third kappa shape index (κ3) is 5.23. The number of rotatable bonds is 4. The van der Waals surface area contributed by atoms with E-state index in [-0.39, 0.29) is 35.1 Å². The molecule has 26 heavy (non-hydrogen) atoms. The van der Waals surface area contributed by atoms with Crippen LogP contribution in [-0.4, -0.2) is 29.8 Å². The monoisotopic (exact) mass is 378 g/mol. The van der Waals surface area contributed by atoms with Crippen LogP contribution in [-0.2, 0) is 9.59 Å². The van der Waals surface area contributed by atoms with Gasteiger partial charge in [-0.15, -0.1) is 0 Å². The first-order valence-electron chi connectivity index (χ1n) is 9.45. The number of likely N-dealkylation sites (tertiary alicyclic amines) is 1. The van der Waals surface area contributed by atoms with E-state index in [1.807, 2.05) is 49.9 Å². The molecule has 0 bridgehead atoms. The Morgan fingerprint density at radius 1 is 1.12 bits per heavy atom. The minimum Gasteiger partial charge on any atom is -0.349 e. The molecule has 1 aliphatic heterocycles. The van der Waals surface area contributed by atoms with E-state index in [1.54, 1.807) is 0 Å². The van der Waals surface area contributed by atoms with Gasteiger partial charge in [0.05, 0.1) is 6.04 Å². The van der Waals surface area contributed by atoms with E-state index in [0.717, 1.165) is 18.4 Å². The molecule has 0 aliphatic carbocycles. The van der Waals surface area contributed by atoms with E-state index < -0.39 is 0 Å². The van der Waals surface area contributed by atoms with Crippen molar-refractivity contribution in [3.8, 4) is 0 Å². The fourth-order valence-electron chi connectivity index (χ4n) is 3.40. The molecule has 2 amide bonds. The van der Waals surface area contributed by atoms with Gasteiger partial charge in [-0.3, -0.25) is 9.59 Å². The zero-order valence-corrected chi connectivity index (χ0v) is 17.3. The van der Waals surface area contributed by atoms with Crippen molar-refractivity contribution in [2.24, 2.45) is 17.3 Å². The second-order valence-corrected chi connectivity index (χ2v) is 9.03. The van der Waals surface area contributed by atoms with Crippen LogP contribution in [0.4, 0.5) is 0 Å². The highest BCUT2D eigenvalue weighted by molar-refractivity contribution is 6.30. The quantitative estimate of drug-likeness (QED) is 0.842. The summed E-state index contributed by atoms with van der Waals surface area (Å²) < 4.78 is 0. The van der Waals surface area contributed by atoms with E-state index in [0.29, 0.717) is 18.1 Å². The SMILES string of the molecule is CC(C)C(NC(=O)C1CCN(C(=O)C(C)(C)C)CC1)c1ccc(Cl)cc1. The maximum Gasteiger partial charge on any atom is 0.227 e. The Balaban J connectivity index is 1.97. The van der Waals surface area contributed by atoms with Crippen LogP contribution < -0.4 is 5.32 Å². The van der Waals surface area contributed by atoms with E-state index >= 15 is 0 Å². The van der Waals surface area contributed by atoms with Crippen molar-refractivity contribution in [2.75, 3.05) is 13.1 Å². The standard InChI is InChI=1S/C21H31ClN2O2/c1-14(2)18(15-6-8-17(22)9-7-15)23-19(25)16-10-12-24(13-11-16)20(26)21(3,4)5/h6-9,14,16,18H,10-13H2,1-5H3,(H,23,25). The number of nitrogens with zero attached hydrogens (tertiary/aromatic N) is 1. The Labute approximate surface area is 162 Å². The van der Waals surface area contributed by atoms with Gasteiger partial charge in [-0.05, 0) is 36.5 Å². The molecular formula is C21H31ClN2O2. The molecule has 4 nitrogen and oxygen atoms in total. The second kappa shape index (κ2) is 8.43. The summed E-state index contributed by atoms with van der Waals surface area (Å²) in [4.78, 5) is 27.1. The Hall–Kier alpha value is -1.55. The fourth-order valence-corrected chi connectivity index (χ4v) is 3.52. The molecule has 1 unspecified atom stereocenters. The predicted octanol–water partition coefficient (Wildman–Crippen LogP) is 4.44. The first-order valence-corrected chi connectivity index (χ1v) is 9.82. The summed E-state index contributed by atoms with van der Waals surface area (Å²) in [7, 11) is 0. The van der Waals surface area contributed by atoms with Crippen molar-refractivity contribution >= 4 is 23.4 Å². The number of benzene rings is 1. The van der Waals surface area contributed by atoms with Gasteiger partial charge in [0.1, 0.15) is 0 Å². The molecule has 0 saturated carbocycles. The van der Waals surface area contributed by atoms with Crippen LogP contribution in [0.2, 0.25) is 5.02 Å². The number of carbonyl (C=O) groups excluding carboxylic acids is 2. The molecule has 0 aromatic heterocycles. The minimum absolute atomic E-state index is 0.0333. The molecule has 1 aromatic carbocycles. The van der Waals surface area contributed by atoms with Crippen LogP contribution in [0.15, 0.2) is 24.3 Å². The predicted molar refractivity (Wildman–Crippen MR) is 106 cm³/mol. The van der Waals surface area contributed by atoms with E-state index in [2.05, 4.69) is 19.2 Å². The highest BCUT2D eigenvalue weighted by Crippen LogP contribution is 2.27. The van der Waals surface area contributed by atoms with Crippen molar-refractivity contribution in [1.82, 2.24) is 10.2 Å². The number of nitrogens with one attached hydrogen (secondary N) is 1.